The van der Waals surface area contributed by atoms with Gasteiger partial charge in [0, 0.05) is 38.8 Å². The van der Waals surface area contributed by atoms with Gasteiger partial charge >= 0.3 is 6.36 Å². The summed E-state index contributed by atoms with van der Waals surface area (Å²) in [7, 11) is 1.67. The van der Waals surface area contributed by atoms with Crippen molar-refractivity contribution in [2.45, 2.75) is 43.7 Å². The van der Waals surface area contributed by atoms with Crippen molar-refractivity contribution in [3.63, 3.8) is 0 Å². The summed E-state index contributed by atoms with van der Waals surface area (Å²) in [6.07, 6.45) is -2.00. The van der Waals surface area contributed by atoms with E-state index in [9.17, 15) is 13.2 Å². The number of rotatable bonds is 8. The van der Waals surface area contributed by atoms with E-state index in [4.69, 9.17) is 9.47 Å². The van der Waals surface area contributed by atoms with Crippen molar-refractivity contribution in [2.75, 3.05) is 33.4 Å². The number of hydrogen-bond donors (Lipinski definition) is 2. The molecule has 6 nitrogen and oxygen atoms in total. The van der Waals surface area contributed by atoms with Gasteiger partial charge in [-0.3, -0.25) is 4.99 Å². The van der Waals surface area contributed by atoms with E-state index in [1.807, 2.05) is 0 Å². The molecule has 1 aromatic carbocycles. The highest BCUT2D eigenvalue weighted by molar-refractivity contribution is 5.80. The Morgan fingerprint density at radius 3 is 2.86 bits per heavy atom. The van der Waals surface area contributed by atoms with Crippen LogP contribution in [-0.4, -0.2) is 57.9 Å². The van der Waals surface area contributed by atoms with Gasteiger partial charge in [-0.2, -0.15) is 0 Å². The van der Waals surface area contributed by atoms with Crippen LogP contribution in [0.25, 0.3) is 0 Å². The first-order valence-corrected chi connectivity index (χ1v) is 9.47. The van der Waals surface area contributed by atoms with Gasteiger partial charge < -0.3 is 24.8 Å². The quantitative estimate of drug-likeness (QED) is 0.399. The molecule has 1 aliphatic heterocycles. The molecule has 3 rings (SSSR count). The van der Waals surface area contributed by atoms with Crippen LogP contribution in [0, 0.1) is 0 Å². The lowest BCUT2D eigenvalue weighted by Gasteiger charge is -2.15. The Kier molecular flexibility index (Phi) is 7.01. The first kappa shape index (κ1) is 20.7. The monoisotopic (exact) mass is 401 g/mol. The van der Waals surface area contributed by atoms with E-state index in [0.29, 0.717) is 31.3 Å². The van der Waals surface area contributed by atoms with Gasteiger partial charge in [0.2, 0.25) is 0 Å². The molecule has 3 atom stereocenters. The lowest BCUT2D eigenvalue weighted by atomic mass is 10.1. The number of para-hydroxylation sites is 1. The largest absolute Gasteiger partial charge is 0.573 e. The molecule has 3 unspecified atom stereocenters. The van der Waals surface area contributed by atoms with Crippen LogP contribution >= 0.6 is 0 Å². The second kappa shape index (κ2) is 9.47. The van der Waals surface area contributed by atoms with E-state index >= 15 is 0 Å². The van der Waals surface area contributed by atoms with Crippen molar-refractivity contribution < 1.29 is 27.4 Å². The first-order valence-electron chi connectivity index (χ1n) is 9.47. The summed E-state index contributed by atoms with van der Waals surface area (Å²) >= 11 is 0. The third kappa shape index (κ3) is 6.27. The number of aliphatic imine (C=N–C) groups is 1. The standard InChI is InChI=1S/C19H26F3N3O3/c1-23-18(24-8-4-9-27-13-7-10-26-12-13)25-16-11-15(16)14-5-2-3-6-17(14)28-19(20,21)22/h2-3,5-6,13,15-16H,4,7-12H2,1H3,(H2,23,24,25). The normalized spacial score (nSPS) is 24.9. The number of halogens is 3. The average molecular weight is 401 g/mol. The SMILES string of the molecule is CN=C(NCCCOC1CCOC1)NC1CC1c1ccccc1OC(F)(F)F. The van der Waals surface area contributed by atoms with Crippen LogP contribution in [0.3, 0.4) is 0 Å². The molecule has 0 amide bonds. The van der Waals surface area contributed by atoms with Crippen molar-refractivity contribution in [1.82, 2.24) is 10.6 Å². The van der Waals surface area contributed by atoms with Gasteiger partial charge in [0.25, 0.3) is 0 Å². The highest BCUT2D eigenvalue weighted by Gasteiger charge is 2.42. The Morgan fingerprint density at radius 1 is 1.32 bits per heavy atom. The second-order valence-corrected chi connectivity index (χ2v) is 6.89. The predicted molar refractivity (Wildman–Crippen MR) is 98.6 cm³/mol. The molecule has 9 heteroatoms. The van der Waals surface area contributed by atoms with Gasteiger partial charge in [-0.05, 0) is 30.9 Å². The number of nitrogens with zero attached hydrogens (tertiary/aromatic N) is 1. The van der Waals surface area contributed by atoms with E-state index in [1.54, 1.807) is 19.2 Å². The lowest BCUT2D eigenvalue weighted by Crippen LogP contribution is -2.39. The van der Waals surface area contributed by atoms with E-state index in [2.05, 4.69) is 20.4 Å². The molecule has 0 spiro atoms. The van der Waals surface area contributed by atoms with Gasteiger partial charge in [0.1, 0.15) is 5.75 Å². The molecule has 2 fully saturated rings. The summed E-state index contributed by atoms with van der Waals surface area (Å²) in [5.74, 6) is 0.453. The van der Waals surface area contributed by atoms with Crippen molar-refractivity contribution in [2.24, 2.45) is 4.99 Å². The molecular formula is C19H26F3N3O3. The number of hydrogen-bond acceptors (Lipinski definition) is 4. The predicted octanol–water partition coefficient (Wildman–Crippen LogP) is 2.80. The minimum Gasteiger partial charge on any atom is -0.405 e. The molecule has 2 aliphatic rings. The maximum absolute atomic E-state index is 12.6. The summed E-state index contributed by atoms with van der Waals surface area (Å²) in [5, 5.41) is 6.46. The summed E-state index contributed by atoms with van der Waals surface area (Å²) in [5.41, 5.74) is 0.556. The number of alkyl halides is 3. The molecule has 28 heavy (non-hydrogen) atoms. The fraction of sp³-hybridized carbons (Fsp3) is 0.632. The Balaban J connectivity index is 1.41. The minimum atomic E-state index is -4.70. The second-order valence-electron chi connectivity index (χ2n) is 6.89. The molecule has 1 heterocycles. The zero-order chi connectivity index (χ0) is 20.0. The smallest absolute Gasteiger partial charge is 0.405 e. The van der Waals surface area contributed by atoms with Gasteiger partial charge in [-0.15, -0.1) is 13.2 Å². The zero-order valence-electron chi connectivity index (χ0n) is 15.8. The molecule has 1 saturated carbocycles. The van der Waals surface area contributed by atoms with E-state index in [1.165, 1.54) is 12.1 Å². The Morgan fingerprint density at radius 2 is 2.14 bits per heavy atom. The van der Waals surface area contributed by atoms with Crippen LogP contribution < -0.4 is 15.4 Å². The maximum atomic E-state index is 12.6. The average Bonchev–Trinajstić information content (AvgIpc) is 3.20. The number of nitrogens with one attached hydrogen (secondary N) is 2. The zero-order valence-corrected chi connectivity index (χ0v) is 15.8. The molecule has 1 aromatic rings. The van der Waals surface area contributed by atoms with Crippen molar-refractivity contribution >= 4 is 5.96 Å². The van der Waals surface area contributed by atoms with Crippen molar-refractivity contribution in [3.05, 3.63) is 29.8 Å². The lowest BCUT2D eigenvalue weighted by molar-refractivity contribution is -0.274. The molecule has 2 N–H and O–H groups in total. The van der Waals surface area contributed by atoms with Crippen LogP contribution in [0.2, 0.25) is 0 Å². The van der Waals surface area contributed by atoms with Gasteiger partial charge in [0.15, 0.2) is 5.96 Å². The highest BCUT2D eigenvalue weighted by Crippen LogP contribution is 2.45. The topological polar surface area (TPSA) is 64.1 Å². The van der Waals surface area contributed by atoms with Gasteiger partial charge in [-0.25, -0.2) is 0 Å². The van der Waals surface area contributed by atoms with Gasteiger partial charge in [0.05, 0.1) is 12.7 Å². The van der Waals surface area contributed by atoms with Crippen molar-refractivity contribution in [1.29, 1.82) is 0 Å². The fourth-order valence-corrected chi connectivity index (χ4v) is 3.25. The molecule has 1 saturated heterocycles. The van der Waals surface area contributed by atoms with E-state index in [0.717, 1.165) is 25.9 Å². The van der Waals surface area contributed by atoms with Crippen LogP contribution in [0.15, 0.2) is 29.3 Å². The summed E-state index contributed by atoms with van der Waals surface area (Å²) < 4.78 is 52.9. The third-order valence-electron chi connectivity index (χ3n) is 4.74. The Bertz CT molecular complexity index is 663. The number of guanidine groups is 1. The summed E-state index contributed by atoms with van der Waals surface area (Å²) in [6, 6.07) is 6.30. The number of benzene rings is 1. The third-order valence-corrected chi connectivity index (χ3v) is 4.74. The van der Waals surface area contributed by atoms with Crippen LogP contribution in [-0.2, 0) is 9.47 Å². The fourth-order valence-electron chi connectivity index (χ4n) is 3.25. The highest BCUT2D eigenvalue weighted by atomic mass is 19.4. The molecule has 0 bridgehead atoms. The van der Waals surface area contributed by atoms with Gasteiger partial charge in [-0.1, -0.05) is 18.2 Å². The maximum Gasteiger partial charge on any atom is 0.573 e. The summed E-state index contributed by atoms with van der Waals surface area (Å²) in [6.45, 7) is 2.77. The van der Waals surface area contributed by atoms with E-state index < -0.39 is 6.36 Å². The molecule has 0 aromatic heterocycles. The van der Waals surface area contributed by atoms with Crippen LogP contribution in [0.1, 0.15) is 30.7 Å². The van der Waals surface area contributed by atoms with Crippen LogP contribution in [0.5, 0.6) is 5.75 Å². The minimum absolute atomic E-state index is 0.0241. The Labute approximate surface area is 162 Å². The Hall–Kier alpha value is -2.00. The van der Waals surface area contributed by atoms with Crippen molar-refractivity contribution in [3.8, 4) is 5.75 Å². The van der Waals surface area contributed by atoms with Crippen LogP contribution in [0.4, 0.5) is 13.2 Å². The molecule has 1 aliphatic carbocycles. The molecule has 156 valence electrons. The summed E-state index contributed by atoms with van der Waals surface area (Å²) in [4.78, 5) is 4.18. The molecule has 0 radical (unpaired) electrons. The van der Waals surface area contributed by atoms with E-state index in [-0.39, 0.29) is 23.8 Å². The first-order chi connectivity index (χ1) is 13.5. The number of ether oxygens (including phenoxy) is 3. The molecular weight excluding hydrogens is 375 g/mol.